The fourth-order valence-corrected chi connectivity index (χ4v) is 3.68. The first-order valence-corrected chi connectivity index (χ1v) is 10.7. The Hall–Kier alpha value is -2.97. The summed E-state index contributed by atoms with van der Waals surface area (Å²) in [4.78, 5) is 17.3. The molecule has 1 aromatic heterocycles. The molecule has 0 spiro atoms. The molecule has 1 heterocycles. The Bertz CT molecular complexity index is 1040. The maximum Gasteiger partial charge on any atom is 0.246 e. The van der Waals surface area contributed by atoms with Crippen LogP contribution in [0.5, 0.6) is 23.0 Å². The van der Waals surface area contributed by atoms with Crippen molar-refractivity contribution in [3.05, 3.63) is 48.7 Å². The largest absolute Gasteiger partial charge is 0.493 e. The highest BCUT2D eigenvalue weighted by molar-refractivity contribution is 7.98. The third-order valence-corrected chi connectivity index (χ3v) is 5.40. The van der Waals surface area contributed by atoms with E-state index in [2.05, 4.69) is 9.71 Å². The fourth-order valence-electron chi connectivity index (χ4n) is 3.04. The molecular weight excluding hydrogens is 414 g/mol. The van der Waals surface area contributed by atoms with Crippen molar-refractivity contribution in [3.8, 4) is 23.0 Å². The number of hydrogen-bond acceptors (Lipinski definition) is 7. The van der Waals surface area contributed by atoms with Gasteiger partial charge in [0, 0.05) is 22.5 Å². The molecule has 164 valence electrons. The van der Waals surface area contributed by atoms with Gasteiger partial charge < -0.3 is 19.9 Å². The molecule has 0 aliphatic carbocycles. The zero-order chi connectivity index (χ0) is 22.4. The van der Waals surface area contributed by atoms with Crippen molar-refractivity contribution in [3.63, 3.8) is 0 Å². The van der Waals surface area contributed by atoms with Crippen molar-refractivity contribution >= 4 is 28.8 Å². The van der Waals surface area contributed by atoms with Crippen LogP contribution in [0.3, 0.4) is 0 Å². The molecule has 0 bridgehead atoms. The van der Waals surface area contributed by atoms with E-state index in [4.69, 9.17) is 19.9 Å². The lowest BCUT2D eigenvalue weighted by Crippen LogP contribution is -2.38. The van der Waals surface area contributed by atoms with Crippen LogP contribution in [0.2, 0.25) is 0 Å². The van der Waals surface area contributed by atoms with Gasteiger partial charge in [-0.3, -0.25) is 14.5 Å². The van der Waals surface area contributed by atoms with E-state index < -0.39 is 6.04 Å². The normalized spacial score (nSPS) is 11.9. The van der Waals surface area contributed by atoms with Crippen LogP contribution in [-0.2, 0) is 4.79 Å². The Morgan fingerprint density at radius 2 is 1.74 bits per heavy atom. The number of hydrogen-bond donors (Lipinski definition) is 2. The summed E-state index contributed by atoms with van der Waals surface area (Å²) in [6.07, 6.45) is 2.33. The number of rotatable bonds is 9. The topological polar surface area (TPSA) is 95.7 Å². The summed E-state index contributed by atoms with van der Waals surface area (Å²) in [5.74, 6) is 2.72. The van der Waals surface area contributed by atoms with Crippen LogP contribution in [0.1, 0.15) is 20.3 Å². The summed E-state index contributed by atoms with van der Waals surface area (Å²) in [5, 5.41) is 0.810. The van der Waals surface area contributed by atoms with E-state index in [1.54, 1.807) is 26.5 Å². The van der Waals surface area contributed by atoms with Crippen molar-refractivity contribution < 1.29 is 19.0 Å². The zero-order valence-electron chi connectivity index (χ0n) is 18.0. The van der Waals surface area contributed by atoms with Gasteiger partial charge >= 0.3 is 0 Å². The van der Waals surface area contributed by atoms with Crippen molar-refractivity contribution in [2.75, 3.05) is 14.2 Å². The molecule has 0 aliphatic rings. The number of methoxy groups -OCH3 is 2. The highest BCUT2D eigenvalue weighted by Crippen LogP contribution is 2.37. The van der Waals surface area contributed by atoms with Gasteiger partial charge in [-0.25, -0.2) is 0 Å². The van der Waals surface area contributed by atoms with Gasteiger partial charge in [-0.1, -0.05) is 13.8 Å². The lowest BCUT2D eigenvalue weighted by Gasteiger charge is -2.14. The Labute approximate surface area is 186 Å². The first-order valence-electron chi connectivity index (χ1n) is 9.92. The van der Waals surface area contributed by atoms with E-state index in [1.165, 1.54) is 11.9 Å². The number of carbonyl (C=O) groups excluding carboxylic acids is 1. The first-order chi connectivity index (χ1) is 14.9. The maximum absolute atomic E-state index is 12.1. The third-order valence-electron chi connectivity index (χ3n) is 4.59. The number of nitrogens with two attached hydrogens (primary N) is 1. The van der Waals surface area contributed by atoms with Crippen molar-refractivity contribution in [1.82, 2.24) is 9.71 Å². The molecule has 3 rings (SSSR count). The molecule has 8 heteroatoms. The Kier molecular flexibility index (Phi) is 7.59. The predicted molar refractivity (Wildman–Crippen MR) is 123 cm³/mol. The van der Waals surface area contributed by atoms with E-state index in [0.717, 1.165) is 15.8 Å². The predicted octanol–water partition coefficient (Wildman–Crippen LogP) is 4.54. The van der Waals surface area contributed by atoms with Gasteiger partial charge in [0.05, 0.1) is 25.8 Å². The molecule has 0 fully saturated rings. The van der Waals surface area contributed by atoms with E-state index >= 15 is 0 Å². The minimum absolute atomic E-state index is 0.174. The Morgan fingerprint density at radius 3 is 2.39 bits per heavy atom. The minimum Gasteiger partial charge on any atom is -0.493 e. The van der Waals surface area contributed by atoms with E-state index in [0.29, 0.717) is 35.3 Å². The highest BCUT2D eigenvalue weighted by atomic mass is 32.2. The van der Waals surface area contributed by atoms with Gasteiger partial charge in [-0.15, -0.1) is 0 Å². The van der Waals surface area contributed by atoms with Crippen LogP contribution >= 0.6 is 11.9 Å². The standard InChI is InChI=1S/C23H27N3O4S/c1-14(2)11-18(24)23(27)26-31-16-7-5-15(6-8-16)30-20-9-10-25-19-13-22(29-4)21(28-3)12-17(19)20/h5-10,12-14,18H,11,24H2,1-4H3,(H,26,27). The van der Waals surface area contributed by atoms with Gasteiger partial charge in [0.1, 0.15) is 11.5 Å². The number of pyridine rings is 1. The number of ether oxygens (including phenoxy) is 3. The zero-order valence-corrected chi connectivity index (χ0v) is 18.9. The van der Waals surface area contributed by atoms with Gasteiger partial charge in [-0.05, 0) is 60.7 Å². The van der Waals surface area contributed by atoms with Crippen LogP contribution in [0.4, 0.5) is 0 Å². The maximum atomic E-state index is 12.1. The number of aromatic nitrogens is 1. The summed E-state index contributed by atoms with van der Waals surface area (Å²) in [5.41, 5.74) is 6.65. The van der Waals surface area contributed by atoms with Gasteiger partial charge in [0.25, 0.3) is 0 Å². The molecule has 2 aromatic carbocycles. The molecule has 0 saturated carbocycles. The molecule has 0 aliphatic heterocycles. The summed E-state index contributed by atoms with van der Waals surface area (Å²) in [6.45, 7) is 4.08. The summed E-state index contributed by atoms with van der Waals surface area (Å²) in [7, 11) is 3.18. The number of carbonyl (C=O) groups is 1. The molecule has 0 radical (unpaired) electrons. The summed E-state index contributed by atoms with van der Waals surface area (Å²) < 4.78 is 19.6. The van der Waals surface area contributed by atoms with E-state index in [9.17, 15) is 4.79 Å². The van der Waals surface area contributed by atoms with Crippen LogP contribution in [-0.4, -0.2) is 31.2 Å². The molecule has 1 unspecified atom stereocenters. The molecule has 31 heavy (non-hydrogen) atoms. The molecule has 3 N–H and O–H groups in total. The van der Waals surface area contributed by atoms with Crippen molar-refractivity contribution in [2.45, 2.75) is 31.2 Å². The third kappa shape index (κ3) is 5.80. The molecule has 3 aromatic rings. The molecule has 1 atom stereocenters. The second kappa shape index (κ2) is 10.4. The Balaban J connectivity index is 1.70. The van der Waals surface area contributed by atoms with Crippen molar-refractivity contribution in [2.24, 2.45) is 11.7 Å². The second-order valence-electron chi connectivity index (χ2n) is 7.41. The molecule has 7 nitrogen and oxygen atoms in total. The molecule has 0 saturated heterocycles. The Morgan fingerprint density at radius 1 is 1.06 bits per heavy atom. The number of nitrogens with zero attached hydrogens (tertiary/aromatic N) is 1. The first kappa shape index (κ1) is 22.7. The molecular formula is C23H27N3O4S. The van der Waals surface area contributed by atoms with Gasteiger partial charge in [0.2, 0.25) is 5.91 Å². The average Bonchev–Trinajstić information content (AvgIpc) is 2.77. The second-order valence-corrected chi connectivity index (χ2v) is 8.29. The van der Waals surface area contributed by atoms with Crippen molar-refractivity contribution in [1.29, 1.82) is 0 Å². The quantitative estimate of drug-likeness (QED) is 0.471. The smallest absolute Gasteiger partial charge is 0.246 e. The molecule has 1 amide bonds. The van der Waals surface area contributed by atoms with Crippen LogP contribution in [0.15, 0.2) is 53.6 Å². The van der Waals surface area contributed by atoms with E-state index in [1.807, 2.05) is 50.2 Å². The lowest BCUT2D eigenvalue weighted by atomic mass is 10.0. The monoisotopic (exact) mass is 441 g/mol. The number of amides is 1. The van der Waals surface area contributed by atoms with Gasteiger partial charge in [0.15, 0.2) is 11.5 Å². The SMILES string of the molecule is COc1cc2nccc(Oc3ccc(SNC(=O)C(N)CC(C)C)cc3)c2cc1OC. The van der Waals surface area contributed by atoms with Gasteiger partial charge in [-0.2, -0.15) is 0 Å². The number of benzene rings is 2. The van der Waals surface area contributed by atoms with Crippen LogP contribution in [0.25, 0.3) is 10.9 Å². The summed E-state index contributed by atoms with van der Waals surface area (Å²) in [6, 6.07) is 12.4. The minimum atomic E-state index is -0.509. The fraction of sp³-hybridized carbons (Fsp3) is 0.304. The van der Waals surface area contributed by atoms with E-state index in [-0.39, 0.29) is 5.91 Å². The lowest BCUT2D eigenvalue weighted by molar-refractivity contribution is -0.120. The van der Waals surface area contributed by atoms with Crippen LogP contribution in [0, 0.1) is 5.92 Å². The summed E-state index contributed by atoms with van der Waals surface area (Å²) >= 11 is 1.24. The van der Waals surface area contributed by atoms with Crippen LogP contribution < -0.4 is 24.7 Å². The average molecular weight is 442 g/mol. The number of nitrogens with one attached hydrogen (secondary N) is 1. The highest BCUT2D eigenvalue weighted by Gasteiger charge is 2.15. The number of fused-ring (bicyclic) bond motifs is 1.